The number of anilines is 1. The first kappa shape index (κ1) is 14.5. The largest absolute Gasteiger partial charge is 0.465 e. The van der Waals surface area contributed by atoms with Crippen LogP contribution >= 0.6 is 0 Å². The van der Waals surface area contributed by atoms with E-state index < -0.39 is 11.5 Å². The molecule has 0 saturated heterocycles. The Morgan fingerprint density at radius 2 is 2.00 bits per heavy atom. The van der Waals surface area contributed by atoms with Crippen LogP contribution in [0.1, 0.15) is 42.0 Å². The molecule has 1 aromatic heterocycles. The van der Waals surface area contributed by atoms with E-state index in [0.29, 0.717) is 35.9 Å². The van der Waals surface area contributed by atoms with Gasteiger partial charge in [-0.25, -0.2) is 9.98 Å². The number of aliphatic imine (C=N–C) groups is 1. The minimum atomic E-state index is -0.867. The number of hydrogen-bond donors (Lipinski definition) is 2. The number of ether oxygens (including phenoxy) is 2. The molecule has 1 aromatic carbocycles. The van der Waals surface area contributed by atoms with Crippen molar-refractivity contribution in [1.82, 2.24) is 4.98 Å². The number of rotatable bonds is 1. The lowest BCUT2D eigenvalue weighted by atomic mass is 9.77. The van der Waals surface area contributed by atoms with Crippen molar-refractivity contribution in [2.24, 2.45) is 10.7 Å². The Morgan fingerprint density at radius 3 is 2.76 bits per heavy atom. The smallest absolute Gasteiger partial charge is 0.283 e. The molecule has 1 spiro atoms. The molecule has 2 aromatic rings. The third kappa shape index (κ3) is 2.08. The number of hydrogen-bond acceptors (Lipinski definition) is 6. The van der Waals surface area contributed by atoms with Gasteiger partial charge in [0.1, 0.15) is 11.3 Å². The van der Waals surface area contributed by atoms with Crippen LogP contribution in [0.25, 0.3) is 0 Å². The Morgan fingerprint density at radius 1 is 1.16 bits per heavy atom. The maximum atomic E-state index is 14.8. The van der Waals surface area contributed by atoms with Crippen LogP contribution < -0.4 is 16.2 Å². The van der Waals surface area contributed by atoms with Gasteiger partial charge < -0.3 is 20.9 Å². The highest BCUT2D eigenvalue weighted by atomic mass is 19.1. The molecule has 1 saturated carbocycles. The molecular weight excluding hydrogens is 323 g/mol. The van der Waals surface area contributed by atoms with Gasteiger partial charge >= 0.3 is 0 Å². The first-order valence-corrected chi connectivity index (χ1v) is 8.34. The lowest BCUT2D eigenvalue weighted by molar-refractivity contribution is 0.217. The summed E-state index contributed by atoms with van der Waals surface area (Å²) in [6.07, 6.45) is 2.57. The zero-order valence-corrected chi connectivity index (χ0v) is 13.5. The van der Waals surface area contributed by atoms with Gasteiger partial charge in [-0.1, -0.05) is 0 Å². The van der Waals surface area contributed by atoms with Gasteiger partial charge in [-0.05, 0) is 37.1 Å². The van der Waals surface area contributed by atoms with Gasteiger partial charge in [0.25, 0.3) is 12.0 Å². The normalized spacial score (nSPS) is 24.0. The summed E-state index contributed by atoms with van der Waals surface area (Å²) >= 11 is 0. The Kier molecular flexibility index (Phi) is 2.81. The van der Waals surface area contributed by atoms with Crippen molar-refractivity contribution in [2.45, 2.75) is 30.7 Å². The second-order valence-corrected chi connectivity index (χ2v) is 6.76. The fraction of sp³-hybridized carbons (Fsp3) is 0.333. The van der Waals surface area contributed by atoms with Crippen LogP contribution in [0.4, 0.5) is 10.1 Å². The lowest BCUT2D eigenvalue weighted by Gasteiger charge is -2.39. The van der Waals surface area contributed by atoms with Crippen LogP contribution in [0.3, 0.4) is 0 Å². The van der Waals surface area contributed by atoms with Crippen molar-refractivity contribution in [2.75, 3.05) is 12.3 Å². The summed E-state index contributed by atoms with van der Waals surface area (Å²) in [5.74, 6) is 0.321. The van der Waals surface area contributed by atoms with E-state index in [9.17, 15) is 4.39 Å². The van der Waals surface area contributed by atoms with Crippen molar-refractivity contribution in [3.63, 3.8) is 0 Å². The molecule has 1 fully saturated rings. The van der Waals surface area contributed by atoms with E-state index in [2.05, 4.69) is 9.98 Å². The van der Waals surface area contributed by atoms with E-state index in [4.69, 9.17) is 20.9 Å². The number of amidine groups is 1. The van der Waals surface area contributed by atoms with E-state index >= 15 is 0 Å². The highest BCUT2D eigenvalue weighted by Gasteiger charge is 2.46. The number of aromatic nitrogens is 1. The Labute approximate surface area is 143 Å². The minimum absolute atomic E-state index is 0.0812. The summed E-state index contributed by atoms with van der Waals surface area (Å²) < 4.78 is 25.9. The first-order valence-electron chi connectivity index (χ1n) is 8.34. The SMILES string of the molecule is NC1=N[C@@]2(CCO1)c1cc(N)ccc1Oc1c2cc(C2CC2)nc1F. The van der Waals surface area contributed by atoms with Crippen molar-refractivity contribution in [1.29, 1.82) is 0 Å². The predicted molar refractivity (Wildman–Crippen MR) is 90.1 cm³/mol. The van der Waals surface area contributed by atoms with Crippen LogP contribution in [-0.4, -0.2) is 17.6 Å². The highest BCUT2D eigenvalue weighted by molar-refractivity contribution is 5.75. The second kappa shape index (κ2) is 4.84. The van der Waals surface area contributed by atoms with Crippen LogP contribution in [0.5, 0.6) is 11.5 Å². The molecule has 0 amide bonds. The van der Waals surface area contributed by atoms with E-state index in [1.807, 2.05) is 12.1 Å². The molecule has 3 aliphatic rings. The number of nitrogens with zero attached hydrogens (tertiary/aromatic N) is 2. The Bertz CT molecular complexity index is 926. The van der Waals surface area contributed by atoms with Gasteiger partial charge in [-0.3, -0.25) is 0 Å². The standard InChI is InChI=1S/C18H17FN4O2/c19-16-15-12(8-13(22-16)9-1-2-9)18(5-6-24-17(21)23-18)11-7-10(20)3-4-14(11)25-15/h3-4,7-9H,1-2,5-6,20H2,(H2,21,23)/t18-/m0/s1. The molecule has 4 N–H and O–H groups in total. The van der Waals surface area contributed by atoms with Crippen molar-refractivity contribution in [3.8, 4) is 11.5 Å². The maximum absolute atomic E-state index is 14.8. The number of fused-ring (bicyclic) bond motifs is 4. The average molecular weight is 340 g/mol. The van der Waals surface area contributed by atoms with Crippen molar-refractivity contribution >= 4 is 11.7 Å². The van der Waals surface area contributed by atoms with Gasteiger partial charge in [-0.15, -0.1) is 0 Å². The molecule has 3 heterocycles. The molecule has 25 heavy (non-hydrogen) atoms. The predicted octanol–water partition coefficient (Wildman–Crippen LogP) is 2.76. The molecule has 6 nitrogen and oxygen atoms in total. The number of halogens is 1. The summed E-state index contributed by atoms with van der Waals surface area (Å²) in [5.41, 5.74) is 13.8. The Hall–Kier alpha value is -2.83. The first-order chi connectivity index (χ1) is 12.1. The fourth-order valence-electron chi connectivity index (χ4n) is 3.70. The third-order valence-corrected chi connectivity index (χ3v) is 5.07. The zero-order chi connectivity index (χ0) is 17.2. The molecule has 5 rings (SSSR count). The van der Waals surface area contributed by atoms with Gasteiger partial charge in [-0.2, -0.15) is 4.39 Å². The van der Waals surface area contributed by atoms with E-state index in [0.717, 1.165) is 24.1 Å². The van der Waals surface area contributed by atoms with Gasteiger partial charge in [0, 0.05) is 34.8 Å². The molecule has 1 aliphatic carbocycles. The second-order valence-electron chi connectivity index (χ2n) is 6.76. The number of nitrogen functional groups attached to an aromatic ring is 1. The number of nitrogens with two attached hydrogens (primary N) is 2. The van der Waals surface area contributed by atoms with Gasteiger partial charge in [0.15, 0.2) is 5.75 Å². The molecular formula is C18H17FN4O2. The number of benzene rings is 1. The van der Waals surface area contributed by atoms with Crippen molar-refractivity contribution < 1.29 is 13.9 Å². The van der Waals surface area contributed by atoms with Crippen molar-refractivity contribution in [3.05, 3.63) is 47.0 Å². The van der Waals surface area contributed by atoms with Crippen LogP contribution in [0, 0.1) is 5.95 Å². The summed E-state index contributed by atoms with van der Waals surface area (Å²) in [5, 5.41) is 0. The lowest BCUT2D eigenvalue weighted by Crippen LogP contribution is -2.39. The van der Waals surface area contributed by atoms with E-state index in [1.54, 1.807) is 12.1 Å². The molecule has 7 heteroatoms. The fourth-order valence-corrected chi connectivity index (χ4v) is 3.70. The molecule has 0 unspecified atom stereocenters. The summed E-state index contributed by atoms with van der Waals surface area (Å²) in [4.78, 5) is 8.71. The summed E-state index contributed by atoms with van der Waals surface area (Å²) in [7, 11) is 0. The van der Waals surface area contributed by atoms with E-state index in [1.165, 1.54) is 0 Å². The molecule has 0 radical (unpaired) electrons. The maximum Gasteiger partial charge on any atom is 0.283 e. The molecule has 2 aliphatic heterocycles. The summed E-state index contributed by atoms with van der Waals surface area (Å²) in [6, 6.07) is 7.25. The quantitative estimate of drug-likeness (QED) is 0.615. The summed E-state index contributed by atoms with van der Waals surface area (Å²) in [6.45, 7) is 0.381. The molecule has 0 bridgehead atoms. The molecule has 1 atom stereocenters. The highest BCUT2D eigenvalue weighted by Crippen LogP contribution is 2.54. The van der Waals surface area contributed by atoms with Crippen LogP contribution in [0.15, 0.2) is 29.3 Å². The molecule has 128 valence electrons. The van der Waals surface area contributed by atoms with Gasteiger partial charge in [0.05, 0.1) is 6.61 Å². The monoisotopic (exact) mass is 340 g/mol. The van der Waals surface area contributed by atoms with Gasteiger partial charge in [0.2, 0.25) is 0 Å². The Balaban J connectivity index is 1.82. The zero-order valence-electron chi connectivity index (χ0n) is 13.5. The van der Waals surface area contributed by atoms with E-state index in [-0.39, 0.29) is 11.8 Å². The average Bonchev–Trinajstić information content (AvgIpc) is 3.42. The van der Waals surface area contributed by atoms with Crippen LogP contribution in [-0.2, 0) is 10.3 Å². The minimum Gasteiger partial charge on any atom is -0.465 e. The van der Waals surface area contributed by atoms with Crippen LogP contribution in [0.2, 0.25) is 0 Å². The third-order valence-electron chi connectivity index (χ3n) is 5.07. The number of pyridine rings is 1. The topological polar surface area (TPSA) is 95.8 Å².